The first-order valence-corrected chi connectivity index (χ1v) is 7.74. The van der Waals surface area contributed by atoms with Gasteiger partial charge < -0.3 is 5.11 Å². The molecule has 0 amide bonds. The molecular weight excluding hydrogens is 300 g/mol. The fourth-order valence-electron chi connectivity index (χ4n) is 2.27. The second-order valence-corrected chi connectivity index (χ2v) is 6.73. The molecule has 1 aliphatic rings. The molecule has 0 unspecified atom stereocenters. The highest BCUT2D eigenvalue weighted by Gasteiger charge is 2.33. The molecule has 1 aliphatic heterocycles. The van der Waals surface area contributed by atoms with Gasteiger partial charge in [-0.15, -0.1) is 0 Å². The number of benzene rings is 1. The van der Waals surface area contributed by atoms with Crippen LogP contribution in [0.1, 0.15) is 12.8 Å². The summed E-state index contributed by atoms with van der Waals surface area (Å²) < 4.78 is 26.0. The number of piperidine rings is 1. The van der Waals surface area contributed by atoms with Crippen molar-refractivity contribution < 1.29 is 23.2 Å². The summed E-state index contributed by atoms with van der Waals surface area (Å²) >= 11 is 0. The van der Waals surface area contributed by atoms with E-state index in [0.717, 1.165) is 10.4 Å². The minimum Gasteiger partial charge on any atom is -0.481 e. The van der Waals surface area contributed by atoms with Gasteiger partial charge in [-0.1, -0.05) is 6.07 Å². The Balaban J connectivity index is 2.31. The van der Waals surface area contributed by atoms with E-state index >= 15 is 0 Å². The molecule has 21 heavy (non-hydrogen) atoms. The molecule has 8 nitrogen and oxygen atoms in total. The van der Waals surface area contributed by atoms with E-state index in [4.69, 9.17) is 5.11 Å². The predicted molar refractivity (Wildman–Crippen MR) is 72.2 cm³/mol. The van der Waals surface area contributed by atoms with Gasteiger partial charge in [0.2, 0.25) is 10.0 Å². The second-order valence-electron chi connectivity index (χ2n) is 4.79. The van der Waals surface area contributed by atoms with Crippen LogP contribution in [0.25, 0.3) is 0 Å². The second kappa shape index (κ2) is 5.78. The number of nitro benzene ring substituents is 1. The van der Waals surface area contributed by atoms with Gasteiger partial charge in [-0.3, -0.25) is 14.9 Å². The topological polar surface area (TPSA) is 118 Å². The lowest BCUT2D eigenvalue weighted by Crippen LogP contribution is -2.42. The fraction of sp³-hybridized carbons (Fsp3) is 0.417. The van der Waals surface area contributed by atoms with Crippen LogP contribution in [-0.4, -0.2) is 41.8 Å². The van der Waals surface area contributed by atoms with Crippen LogP contribution in [0.5, 0.6) is 0 Å². The Morgan fingerprint density at radius 3 is 2.76 bits per heavy atom. The van der Waals surface area contributed by atoms with Gasteiger partial charge in [-0.25, -0.2) is 8.42 Å². The van der Waals surface area contributed by atoms with Gasteiger partial charge in [0.25, 0.3) is 5.69 Å². The summed E-state index contributed by atoms with van der Waals surface area (Å²) in [5.74, 6) is -1.78. The van der Waals surface area contributed by atoms with Crippen molar-refractivity contribution in [3.63, 3.8) is 0 Å². The lowest BCUT2D eigenvalue weighted by molar-refractivity contribution is -0.385. The van der Waals surface area contributed by atoms with Gasteiger partial charge in [0.1, 0.15) is 0 Å². The van der Waals surface area contributed by atoms with E-state index < -0.39 is 26.8 Å². The number of hydrogen-bond donors (Lipinski definition) is 1. The average molecular weight is 314 g/mol. The van der Waals surface area contributed by atoms with E-state index in [1.54, 1.807) is 0 Å². The van der Waals surface area contributed by atoms with Crippen molar-refractivity contribution >= 4 is 21.7 Å². The van der Waals surface area contributed by atoms with E-state index in [2.05, 4.69) is 0 Å². The molecule has 0 aromatic heterocycles. The number of carboxylic acid groups (broad SMARTS) is 1. The van der Waals surface area contributed by atoms with Crippen LogP contribution >= 0.6 is 0 Å². The number of hydrogen-bond acceptors (Lipinski definition) is 5. The van der Waals surface area contributed by atoms with Crippen molar-refractivity contribution in [2.24, 2.45) is 5.92 Å². The van der Waals surface area contributed by atoms with Crippen LogP contribution < -0.4 is 0 Å². The lowest BCUT2D eigenvalue weighted by atomic mass is 10.0. The maximum absolute atomic E-state index is 12.4. The van der Waals surface area contributed by atoms with E-state index in [1.807, 2.05) is 0 Å². The van der Waals surface area contributed by atoms with Crippen LogP contribution in [0, 0.1) is 16.0 Å². The summed E-state index contributed by atoms with van der Waals surface area (Å²) in [5.41, 5.74) is -0.317. The van der Waals surface area contributed by atoms with Gasteiger partial charge in [0, 0.05) is 25.2 Å². The summed E-state index contributed by atoms with van der Waals surface area (Å²) in [6, 6.07) is 4.76. The molecule has 0 radical (unpaired) electrons. The maximum Gasteiger partial charge on any atom is 0.307 e. The first-order chi connectivity index (χ1) is 9.82. The highest BCUT2D eigenvalue weighted by Crippen LogP contribution is 2.25. The summed E-state index contributed by atoms with van der Waals surface area (Å²) in [4.78, 5) is 20.8. The Labute approximate surface area is 121 Å². The first-order valence-electron chi connectivity index (χ1n) is 6.30. The predicted octanol–water partition coefficient (Wildman–Crippen LogP) is 1.08. The number of rotatable bonds is 4. The summed E-state index contributed by atoms with van der Waals surface area (Å²) in [6.07, 6.45) is 0.876. The quantitative estimate of drug-likeness (QED) is 0.656. The summed E-state index contributed by atoms with van der Waals surface area (Å²) in [5, 5.41) is 19.7. The van der Waals surface area contributed by atoms with E-state index in [-0.39, 0.29) is 23.7 Å². The minimum absolute atomic E-state index is 0.111. The van der Waals surface area contributed by atoms with Gasteiger partial charge in [0.05, 0.1) is 15.7 Å². The van der Waals surface area contributed by atoms with Crippen molar-refractivity contribution in [3.8, 4) is 0 Å². The Morgan fingerprint density at radius 2 is 2.14 bits per heavy atom. The van der Waals surface area contributed by atoms with Crippen molar-refractivity contribution in [2.75, 3.05) is 13.1 Å². The number of aliphatic carboxylic acids is 1. The highest BCUT2D eigenvalue weighted by molar-refractivity contribution is 7.89. The van der Waals surface area contributed by atoms with Crippen LogP contribution in [0.4, 0.5) is 5.69 Å². The first kappa shape index (κ1) is 15.4. The SMILES string of the molecule is O=C(O)[C@@H]1CCCN(S(=O)(=O)c2cccc([N+](=O)[O-])c2)C1. The molecule has 9 heteroatoms. The maximum atomic E-state index is 12.4. The molecular formula is C12H14N2O6S. The molecule has 1 atom stereocenters. The number of carboxylic acids is 1. The van der Waals surface area contributed by atoms with Crippen LogP contribution in [-0.2, 0) is 14.8 Å². The molecule has 2 rings (SSSR count). The Morgan fingerprint density at radius 1 is 1.43 bits per heavy atom. The van der Waals surface area contributed by atoms with Crippen molar-refractivity contribution in [1.82, 2.24) is 4.31 Å². The number of non-ortho nitro benzene ring substituents is 1. The fourth-order valence-corrected chi connectivity index (χ4v) is 3.83. The molecule has 1 fully saturated rings. The Hall–Kier alpha value is -2.00. The van der Waals surface area contributed by atoms with Crippen molar-refractivity contribution in [3.05, 3.63) is 34.4 Å². The average Bonchev–Trinajstić information content (AvgIpc) is 2.47. The number of nitro groups is 1. The van der Waals surface area contributed by atoms with Gasteiger partial charge in [0.15, 0.2) is 0 Å². The molecule has 0 bridgehead atoms. The molecule has 1 N–H and O–H groups in total. The Kier molecular flexibility index (Phi) is 4.24. The standard InChI is InChI=1S/C12H14N2O6S/c15-12(16)9-3-2-6-13(8-9)21(19,20)11-5-1-4-10(7-11)14(17)18/h1,4-5,7,9H,2-3,6,8H2,(H,15,16)/t9-/m1/s1. The summed E-state index contributed by atoms with van der Waals surface area (Å²) in [7, 11) is -3.92. The van der Waals surface area contributed by atoms with E-state index in [9.17, 15) is 23.3 Å². The lowest BCUT2D eigenvalue weighted by Gasteiger charge is -2.29. The van der Waals surface area contributed by atoms with E-state index in [0.29, 0.717) is 12.8 Å². The molecule has 1 heterocycles. The highest BCUT2D eigenvalue weighted by atomic mass is 32.2. The zero-order valence-electron chi connectivity index (χ0n) is 11.0. The van der Waals surface area contributed by atoms with Crippen LogP contribution in [0.3, 0.4) is 0 Å². The third-order valence-electron chi connectivity index (χ3n) is 3.40. The smallest absolute Gasteiger partial charge is 0.307 e. The van der Waals surface area contributed by atoms with Crippen LogP contribution in [0.15, 0.2) is 29.2 Å². The molecule has 0 saturated carbocycles. The van der Waals surface area contributed by atoms with Crippen molar-refractivity contribution in [2.45, 2.75) is 17.7 Å². The zero-order valence-corrected chi connectivity index (χ0v) is 11.8. The molecule has 0 aliphatic carbocycles. The molecule has 114 valence electrons. The molecule has 1 aromatic carbocycles. The van der Waals surface area contributed by atoms with Crippen molar-refractivity contribution in [1.29, 1.82) is 0 Å². The van der Waals surface area contributed by atoms with Crippen LogP contribution in [0.2, 0.25) is 0 Å². The van der Waals surface area contributed by atoms with Gasteiger partial charge in [-0.2, -0.15) is 4.31 Å². The monoisotopic (exact) mass is 314 g/mol. The van der Waals surface area contributed by atoms with Gasteiger partial charge >= 0.3 is 5.97 Å². The summed E-state index contributed by atoms with van der Waals surface area (Å²) in [6.45, 7) is 0.106. The third-order valence-corrected chi connectivity index (χ3v) is 5.26. The van der Waals surface area contributed by atoms with Gasteiger partial charge in [-0.05, 0) is 18.9 Å². The normalized spacial score (nSPS) is 20.1. The molecule has 0 spiro atoms. The molecule has 1 aromatic rings. The number of nitrogens with zero attached hydrogens (tertiary/aromatic N) is 2. The third kappa shape index (κ3) is 3.19. The zero-order chi connectivity index (χ0) is 15.6. The largest absolute Gasteiger partial charge is 0.481 e. The van der Waals surface area contributed by atoms with E-state index in [1.165, 1.54) is 18.2 Å². The number of sulfonamides is 1. The Bertz CT molecular complexity index is 672. The minimum atomic E-state index is -3.92. The number of carbonyl (C=O) groups is 1. The molecule has 1 saturated heterocycles.